The summed E-state index contributed by atoms with van der Waals surface area (Å²) in [5, 5.41) is 20.5. The molecule has 0 aliphatic heterocycles. The van der Waals surface area contributed by atoms with Crippen LogP contribution in [0.15, 0.2) is 53.4 Å². The van der Waals surface area contributed by atoms with Crippen LogP contribution in [0.25, 0.3) is 5.57 Å². The predicted octanol–water partition coefficient (Wildman–Crippen LogP) is 5.11. The molecule has 0 aromatic heterocycles. The second-order valence-corrected chi connectivity index (χ2v) is 12.7. The number of aliphatic hydroxyl groups is 1. The number of carbonyl (C=O) groups excluding carboxylic acids is 1. The molecule has 12 heteroatoms. The molecule has 0 radical (unpaired) electrons. The highest BCUT2D eigenvalue weighted by atomic mass is 32.2. The fourth-order valence-corrected chi connectivity index (χ4v) is 6.07. The van der Waals surface area contributed by atoms with Gasteiger partial charge in [-0.15, -0.1) is 0 Å². The van der Waals surface area contributed by atoms with Crippen LogP contribution in [0.5, 0.6) is 5.75 Å². The number of amides is 1. The van der Waals surface area contributed by atoms with Gasteiger partial charge in [0.25, 0.3) is 15.7 Å². The third-order valence-electron chi connectivity index (χ3n) is 7.05. The lowest BCUT2D eigenvalue weighted by Crippen LogP contribution is -2.42. The quantitative estimate of drug-likeness (QED) is 0.279. The zero-order valence-electron chi connectivity index (χ0n) is 24.1. The maximum absolute atomic E-state index is 13.6. The summed E-state index contributed by atoms with van der Waals surface area (Å²) in [6.07, 6.45) is 3.71. The van der Waals surface area contributed by atoms with E-state index in [-0.39, 0.29) is 30.2 Å². The zero-order chi connectivity index (χ0) is 30.4. The van der Waals surface area contributed by atoms with E-state index in [1.54, 1.807) is 27.9 Å². The van der Waals surface area contributed by atoms with Gasteiger partial charge in [-0.3, -0.25) is 10.1 Å². The molecular formula is C29H38N2O9S. The van der Waals surface area contributed by atoms with Crippen molar-refractivity contribution in [1.82, 2.24) is 4.31 Å². The van der Waals surface area contributed by atoms with Crippen LogP contribution in [0.3, 0.4) is 0 Å². The number of nitrogens with zero attached hydrogens (tertiary/aromatic N) is 2. The third kappa shape index (κ3) is 7.84. The monoisotopic (exact) mass is 590 g/mol. The number of aliphatic hydroxyl groups excluding tert-OH is 1. The molecular weight excluding hydrogens is 552 g/mol. The number of methoxy groups -OCH3 is 2. The number of sulfonamides is 1. The Morgan fingerprint density at radius 2 is 1.83 bits per heavy atom. The number of carbonyl (C=O) groups is 1. The Balaban J connectivity index is 1.97. The number of benzene rings is 2. The standard InChI is InChI=1S/C29H38N2O9S/c1-28(2,3)40-27(33)30(41(36,37)25-9-6-23(7-10-25)31(34)35)18-14-22-20-24(38-4)8-11-26(22)21-12-15-29(39-5,16-13-21)17-19-32/h6-12,20,32H,13-19H2,1-5H3. The maximum Gasteiger partial charge on any atom is 0.424 e. The van der Waals surface area contributed by atoms with Crippen molar-refractivity contribution in [1.29, 1.82) is 0 Å². The molecule has 1 N–H and O–H groups in total. The Labute approximate surface area is 240 Å². The van der Waals surface area contributed by atoms with Crippen LogP contribution in [-0.2, 0) is 25.9 Å². The Hall–Kier alpha value is -3.48. The van der Waals surface area contributed by atoms with E-state index in [1.165, 1.54) is 7.11 Å². The first-order valence-corrected chi connectivity index (χ1v) is 14.7. The van der Waals surface area contributed by atoms with E-state index >= 15 is 0 Å². The first-order chi connectivity index (χ1) is 19.2. The number of non-ortho nitro benzene ring substituents is 1. The van der Waals surface area contributed by atoms with Crippen LogP contribution < -0.4 is 4.74 Å². The molecule has 0 bridgehead atoms. The van der Waals surface area contributed by atoms with Crippen molar-refractivity contribution in [2.45, 2.75) is 69.0 Å². The Morgan fingerprint density at radius 1 is 1.15 bits per heavy atom. The summed E-state index contributed by atoms with van der Waals surface area (Å²) < 4.78 is 44.5. The molecule has 11 nitrogen and oxygen atoms in total. The summed E-state index contributed by atoms with van der Waals surface area (Å²) in [6.45, 7) is 4.68. The zero-order valence-corrected chi connectivity index (χ0v) is 24.9. The van der Waals surface area contributed by atoms with Gasteiger partial charge in [-0.2, -0.15) is 0 Å². The van der Waals surface area contributed by atoms with E-state index in [0.717, 1.165) is 41.0 Å². The van der Waals surface area contributed by atoms with Crippen molar-refractivity contribution in [2.24, 2.45) is 0 Å². The average Bonchev–Trinajstić information content (AvgIpc) is 2.92. The smallest absolute Gasteiger partial charge is 0.424 e. The van der Waals surface area contributed by atoms with Crippen LogP contribution in [0.4, 0.5) is 10.5 Å². The molecule has 1 unspecified atom stereocenters. The number of hydrogen-bond acceptors (Lipinski definition) is 9. The molecule has 3 rings (SSSR count). The number of allylic oxidation sites excluding steroid dienone is 1. The molecule has 1 aliphatic carbocycles. The first-order valence-electron chi connectivity index (χ1n) is 13.3. The average molecular weight is 591 g/mol. The Kier molecular flexibility index (Phi) is 10.2. The molecule has 224 valence electrons. The Bertz CT molecular complexity index is 1380. The van der Waals surface area contributed by atoms with Crippen LogP contribution in [0.2, 0.25) is 0 Å². The van der Waals surface area contributed by atoms with E-state index in [9.17, 15) is 28.4 Å². The van der Waals surface area contributed by atoms with Gasteiger partial charge in [0, 0.05) is 32.4 Å². The molecule has 0 heterocycles. The van der Waals surface area contributed by atoms with Gasteiger partial charge in [0.15, 0.2) is 0 Å². The number of rotatable bonds is 11. The SMILES string of the molecule is COc1ccc(C2=CCC(CCO)(OC)CC2)c(CCN(C(=O)OC(C)(C)C)S(=O)(=O)c2ccc([N+](=O)[O-])cc2)c1. The van der Waals surface area contributed by atoms with Gasteiger partial charge in [0.05, 0.1) is 22.5 Å². The van der Waals surface area contributed by atoms with Crippen molar-refractivity contribution in [3.63, 3.8) is 0 Å². The molecule has 0 spiro atoms. The van der Waals surface area contributed by atoms with Crippen LogP contribution >= 0.6 is 0 Å². The van der Waals surface area contributed by atoms with Crippen LogP contribution in [-0.4, -0.2) is 67.4 Å². The molecule has 0 saturated heterocycles. The van der Waals surface area contributed by atoms with Crippen molar-refractivity contribution >= 4 is 27.4 Å². The van der Waals surface area contributed by atoms with E-state index in [4.69, 9.17) is 14.2 Å². The number of hydrogen-bond donors (Lipinski definition) is 1. The molecule has 2 aromatic carbocycles. The number of nitro groups is 1. The van der Waals surface area contributed by atoms with Crippen molar-refractivity contribution in [2.75, 3.05) is 27.4 Å². The van der Waals surface area contributed by atoms with Crippen molar-refractivity contribution < 1.29 is 37.5 Å². The van der Waals surface area contributed by atoms with Gasteiger partial charge in [-0.05, 0) is 93.8 Å². The van der Waals surface area contributed by atoms with E-state index < -0.39 is 32.2 Å². The van der Waals surface area contributed by atoms with Crippen LogP contribution in [0.1, 0.15) is 57.6 Å². The van der Waals surface area contributed by atoms with Gasteiger partial charge >= 0.3 is 6.09 Å². The summed E-state index contributed by atoms with van der Waals surface area (Å²) in [4.78, 5) is 23.4. The van der Waals surface area contributed by atoms with Gasteiger partial charge in [0.2, 0.25) is 0 Å². The highest BCUT2D eigenvalue weighted by molar-refractivity contribution is 7.89. The number of nitro benzene ring substituents is 1. The summed E-state index contributed by atoms with van der Waals surface area (Å²) in [7, 11) is -1.24. The minimum absolute atomic E-state index is 0.0224. The van der Waals surface area contributed by atoms with E-state index in [1.807, 2.05) is 18.2 Å². The minimum atomic E-state index is -4.41. The van der Waals surface area contributed by atoms with Gasteiger partial charge in [-0.25, -0.2) is 17.5 Å². The second kappa shape index (κ2) is 13.0. The van der Waals surface area contributed by atoms with E-state index in [0.29, 0.717) is 35.7 Å². The first kappa shape index (κ1) is 32.0. The van der Waals surface area contributed by atoms with Gasteiger partial charge < -0.3 is 19.3 Å². The summed E-state index contributed by atoms with van der Waals surface area (Å²) >= 11 is 0. The largest absolute Gasteiger partial charge is 0.497 e. The normalized spacial score (nSPS) is 17.5. The molecule has 1 aliphatic rings. The van der Waals surface area contributed by atoms with Crippen molar-refractivity contribution in [3.8, 4) is 5.75 Å². The molecule has 41 heavy (non-hydrogen) atoms. The predicted molar refractivity (Wildman–Crippen MR) is 153 cm³/mol. The lowest BCUT2D eigenvalue weighted by Gasteiger charge is -2.35. The van der Waals surface area contributed by atoms with Crippen molar-refractivity contribution in [3.05, 3.63) is 69.8 Å². The van der Waals surface area contributed by atoms with Gasteiger partial charge in [0.1, 0.15) is 11.4 Å². The second-order valence-electron chi connectivity index (χ2n) is 10.9. The molecule has 0 saturated carbocycles. The Morgan fingerprint density at radius 3 is 2.34 bits per heavy atom. The summed E-state index contributed by atoms with van der Waals surface area (Å²) in [5.41, 5.74) is 1.06. The molecule has 0 fully saturated rings. The third-order valence-corrected chi connectivity index (χ3v) is 8.83. The highest BCUT2D eigenvalue weighted by Gasteiger charge is 2.35. The van der Waals surface area contributed by atoms with Crippen LogP contribution in [0, 0.1) is 10.1 Å². The lowest BCUT2D eigenvalue weighted by atomic mass is 9.80. The summed E-state index contributed by atoms with van der Waals surface area (Å²) in [5.74, 6) is 0.578. The fraction of sp³-hybridized carbons (Fsp3) is 0.483. The van der Waals surface area contributed by atoms with E-state index in [2.05, 4.69) is 6.08 Å². The topological polar surface area (TPSA) is 146 Å². The molecule has 2 aromatic rings. The highest BCUT2D eigenvalue weighted by Crippen LogP contribution is 2.38. The number of ether oxygens (including phenoxy) is 3. The molecule has 1 atom stereocenters. The maximum atomic E-state index is 13.6. The fourth-order valence-electron chi connectivity index (χ4n) is 4.77. The lowest BCUT2D eigenvalue weighted by molar-refractivity contribution is -0.384. The molecule has 1 amide bonds. The minimum Gasteiger partial charge on any atom is -0.497 e. The van der Waals surface area contributed by atoms with Gasteiger partial charge in [-0.1, -0.05) is 12.1 Å². The summed E-state index contributed by atoms with van der Waals surface area (Å²) in [6, 6.07) is 9.90.